The summed E-state index contributed by atoms with van der Waals surface area (Å²) >= 11 is 0. The van der Waals surface area contributed by atoms with Gasteiger partial charge in [-0.25, -0.2) is 0 Å². The highest BCUT2D eigenvalue weighted by atomic mass is 19.4. The summed E-state index contributed by atoms with van der Waals surface area (Å²) in [5.41, 5.74) is 0.250. The van der Waals surface area contributed by atoms with Crippen LogP contribution in [0.1, 0.15) is 0 Å². The lowest BCUT2D eigenvalue weighted by atomic mass is 10.3. The molecule has 8 heteroatoms. The molecule has 0 aliphatic heterocycles. The lowest BCUT2D eigenvalue weighted by Gasteiger charge is -2.15. The summed E-state index contributed by atoms with van der Waals surface area (Å²) in [4.78, 5) is 0. The topological polar surface area (TPSA) is 41.5 Å². The van der Waals surface area contributed by atoms with Crippen LogP contribution >= 0.6 is 0 Å². The molecule has 18 heavy (non-hydrogen) atoms. The first kappa shape index (κ1) is 14.5. The van der Waals surface area contributed by atoms with E-state index >= 15 is 0 Å². The summed E-state index contributed by atoms with van der Waals surface area (Å²) in [7, 11) is 0. The Morgan fingerprint density at radius 2 is 1.72 bits per heavy atom. The minimum Gasteiger partial charge on any atom is -0.435 e. The van der Waals surface area contributed by atoms with Gasteiger partial charge in [-0.05, 0) is 24.3 Å². The molecule has 0 spiro atoms. The Kier molecular flexibility index (Phi) is 4.71. The smallest absolute Gasteiger partial charge is 0.416 e. The van der Waals surface area contributed by atoms with E-state index in [4.69, 9.17) is 5.11 Å². The number of aliphatic hydroxyl groups is 1. The maximum Gasteiger partial charge on any atom is 0.416 e. The molecule has 1 aromatic carbocycles. The van der Waals surface area contributed by atoms with Gasteiger partial charge in [-0.3, -0.25) is 0 Å². The number of ether oxygens (including phenoxy) is 1. The molecule has 1 unspecified atom stereocenters. The van der Waals surface area contributed by atoms with Crippen LogP contribution in [0.4, 0.5) is 27.6 Å². The van der Waals surface area contributed by atoms with Gasteiger partial charge in [0.05, 0.1) is 0 Å². The zero-order valence-electron chi connectivity index (χ0n) is 8.92. The van der Waals surface area contributed by atoms with Gasteiger partial charge in [0.1, 0.15) is 5.75 Å². The van der Waals surface area contributed by atoms with Crippen molar-refractivity contribution in [1.29, 1.82) is 0 Å². The fourth-order valence-corrected chi connectivity index (χ4v) is 1.08. The molecule has 0 heterocycles. The second-order valence-electron chi connectivity index (χ2n) is 3.34. The van der Waals surface area contributed by atoms with Crippen LogP contribution in [0.5, 0.6) is 5.75 Å². The largest absolute Gasteiger partial charge is 0.435 e. The number of rotatable bonds is 5. The van der Waals surface area contributed by atoms with Crippen molar-refractivity contribution in [3.63, 3.8) is 0 Å². The number of hydrogen-bond donors (Lipinski definition) is 2. The third-order valence-electron chi connectivity index (χ3n) is 1.96. The molecule has 0 radical (unpaired) electrons. The van der Waals surface area contributed by atoms with E-state index in [0.29, 0.717) is 0 Å². The van der Waals surface area contributed by atoms with E-state index in [1.165, 1.54) is 24.3 Å². The lowest BCUT2D eigenvalue weighted by molar-refractivity contribution is -0.198. The Bertz CT molecular complexity index is 366. The van der Waals surface area contributed by atoms with Crippen LogP contribution in [0.3, 0.4) is 0 Å². The number of hydrogen-bond acceptors (Lipinski definition) is 3. The monoisotopic (exact) mass is 271 g/mol. The van der Waals surface area contributed by atoms with Crippen LogP contribution in [0, 0.1) is 0 Å². The molecule has 102 valence electrons. The normalized spacial score (nSPS) is 13.5. The minimum absolute atomic E-state index is 0.105. The highest BCUT2D eigenvalue weighted by molar-refractivity contribution is 5.46. The Labute approximate surface area is 99.2 Å². The van der Waals surface area contributed by atoms with Crippen LogP contribution in [0.2, 0.25) is 0 Å². The van der Waals surface area contributed by atoms with Gasteiger partial charge >= 0.3 is 12.8 Å². The van der Waals surface area contributed by atoms with E-state index in [9.17, 15) is 22.0 Å². The average molecular weight is 271 g/mol. The van der Waals surface area contributed by atoms with E-state index < -0.39 is 25.4 Å². The summed E-state index contributed by atoms with van der Waals surface area (Å²) in [6.07, 6.45) is -7.19. The highest BCUT2D eigenvalue weighted by Gasteiger charge is 2.37. The Balaban J connectivity index is 2.49. The van der Waals surface area contributed by atoms with Crippen molar-refractivity contribution >= 4 is 5.69 Å². The number of aliphatic hydroxyl groups excluding tert-OH is 1. The van der Waals surface area contributed by atoms with Crippen molar-refractivity contribution in [2.45, 2.75) is 18.9 Å². The zero-order chi connectivity index (χ0) is 13.8. The summed E-state index contributed by atoms with van der Waals surface area (Å²) in [5, 5.41) is 11.0. The number of halogens is 5. The van der Waals surface area contributed by atoms with Gasteiger partial charge in [-0.1, -0.05) is 0 Å². The average Bonchev–Trinajstić information content (AvgIpc) is 2.25. The molecule has 0 amide bonds. The third-order valence-corrected chi connectivity index (χ3v) is 1.96. The van der Waals surface area contributed by atoms with Gasteiger partial charge in [-0.2, -0.15) is 22.0 Å². The summed E-state index contributed by atoms with van der Waals surface area (Å²) in [6, 6.07) is 4.88. The maximum atomic E-state index is 12.0. The third kappa shape index (κ3) is 4.74. The Morgan fingerprint density at radius 1 is 1.17 bits per heavy atom. The number of benzene rings is 1. The Hall–Kier alpha value is -1.57. The molecule has 2 N–H and O–H groups in total. The van der Waals surface area contributed by atoms with Crippen molar-refractivity contribution in [2.24, 2.45) is 0 Å². The van der Waals surface area contributed by atoms with Crippen molar-refractivity contribution in [2.75, 3.05) is 11.9 Å². The summed E-state index contributed by atoms with van der Waals surface area (Å²) < 4.78 is 63.6. The molecule has 1 aromatic rings. The molecule has 3 nitrogen and oxygen atoms in total. The van der Waals surface area contributed by atoms with E-state index in [-0.39, 0.29) is 11.4 Å². The quantitative estimate of drug-likeness (QED) is 0.809. The van der Waals surface area contributed by atoms with E-state index in [1.807, 2.05) is 0 Å². The van der Waals surface area contributed by atoms with E-state index in [2.05, 4.69) is 10.1 Å². The Morgan fingerprint density at radius 3 is 2.17 bits per heavy atom. The standard InChI is InChI=1S/C10H10F5NO2/c11-9(12)18-7-3-1-6(2-4-7)16-5-8(17)10(13,14)15/h1-4,8-9,16-17H,5H2. The second kappa shape index (κ2) is 5.85. The second-order valence-corrected chi connectivity index (χ2v) is 3.34. The van der Waals surface area contributed by atoms with Gasteiger partial charge in [0.2, 0.25) is 0 Å². The molecular weight excluding hydrogens is 261 g/mol. The number of alkyl halides is 5. The van der Waals surface area contributed by atoms with Crippen LogP contribution in [-0.4, -0.2) is 30.5 Å². The van der Waals surface area contributed by atoms with E-state index in [0.717, 1.165) is 0 Å². The maximum absolute atomic E-state index is 12.0. The molecule has 0 aliphatic rings. The van der Waals surface area contributed by atoms with Crippen LogP contribution in [0.15, 0.2) is 24.3 Å². The van der Waals surface area contributed by atoms with Crippen molar-refractivity contribution in [1.82, 2.24) is 0 Å². The molecule has 0 saturated heterocycles. The van der Waals surface area contributed by atoms with Crippen LogP contribution in [-0.2, 0) is 0 Å². The van der Waals surface area contributed by atoms with Gasteiger partial charge in [-0.15, -0.1) is 0 Å². The molecular formula is C10H10F5NO2. The molecule has 1 atom stereocenters. The minimum atomic E-state index is -4.70. The molecule has 0 aromatic heterocycles. The van der Waals surface area contributed by atoms with Crippen LogP contribution < -0.4 is 10.1 Å². The first-order chi connectivity index (χ1) is 8.29. The predicted molar refractivity (Wildman–Crippen MR) is 53.6 cm³/mol. The SMILES string of the molecule is OC(CNc1ccc(OC(F)F)cc1)C(F)(F)F. The van der Waals surface area contributed by atoms with Crippen molar-refractivity contribution < 1.29 is 31.8 Å². The van der Waals surface area contributed by atoms with Gasteiger partial charge < -0.3 is 15.2 Å². The fourth-order valence-electron chi connectivity index (χ4n) is 1.08. The molecule has 0 fully saturated rings. The summed E-state index contributed by atoms with van der Waals surface area (Å²) in [5.74, 6) is -0.105. The van der Waals surface area contributed by atoms with Crippen molar-refractivity contribution in [3.05, 3.63) is 24.3 Å². The molecule has 0 bridgehead atoms. The molecule has 0 saturated carbocycles. The van der Waals surface area contributed by atoms with Gasteiger partial charge in [0, 0.05) is 12.2 Å². The highest BCUT2D eigenvalue weighted by Crippen LogP contribution is 2.21. The van der Waals surface area contributed by atoms with Gasteiger partial charge in [0.25, 0.3) is 0 Å². The number of anilines is 1. The fraction of sp³-hybridized carbons (Fsp3) is 0.400. The van der Waals surface area contributed by atoms with Crippen molar-refractivity contribution in [3.8, 4) is 5.75 Å². The van der Waals surface area contributed by atoms with Gasteiger partial charge in [0.15, 0.2) is 6.10 Å². The first-order valence-electron chi connectivity index (χ1n) is 4.82. The summed E-state index contributed by atoms with van der Waals surface area (Å²) in [6.45, 7) is -3.69. The molecule has 0 aliphatic carbocycles. The zero-order valence-corrected chi connectivity index (χ0v) is 8.92. The number of nitrogens with one attached hydrogen (secondary N) is 1. The molecule has 1 rings (SSSR count). The van der Waals surface area contributed by atoms with Crippen LogP contribution in [0.25, 0.3) is 0 Å². The predicted octanol–water partition coefficient (Wildman–Crippen LogP) is 2.62. The lowest BCUT2D eigenvalue weighted by Crippen LogP contribution is -2.34. The first-order valence-corrected chi connectivity index (χ1v) is 4.82. The van der Waals surface area contributed by atoms with E-state index in [1.54, 1.807) is 0 Å².